The summed E-state index contributed by atoms with van der Waals surface area (Å²) in [5, 5.41) is 2.83. The molecule has 1 unspecified atom stereocenters. The first-order chi connectivity index (χ1) is 6.40. The van der Waals surface area contributed by atoms with Crippen molar-refractivity contribution in [2.24, 2.45) is 5.73 Å². The SMILES string of the molecule is CNC(C)C(=O)N(CC(N)=O)C(C)C. The van der Waals surface area contributed by atoms with E-state index in [4.69, 9.17) is 5.73 Å². The van der Waals surface area contributed by atoms with Crippen LogP contribution in [0.5, 0.6) is 0 Å². The number of carbonyl (C=O) groups is 2. The van der Waals surface area contributed by atoms with Gasteiger partial charge < -0.3 is 16.0 Å². The van der Waals surface area contributed by atoms with Crippen molar-refractivity contribution in [3.63, 3.8) is 0 Å². The third-order valence-electron chi connectivity index (χ3n) is 2.04. The normalized spacial score (nSPS) is 12.6. The molecule has 0 aromatic carbocycles. The first-order valence-electron chi connectivity index (χ1n) is 4.66. The second kappa shape index (κ2) is 5.59. The first-order valence-corrected chi connectivity index (χ1v) is 4.66. The van der Waals surface area contributed by atoms with E-state index in [0.29, 0.717) is 0 Å². The zero-order valence-corrected chi connectivity index (χ0v) is 9.20. The molecule has 14 heavy (non-hydrogen) atoms. The van der Waals surface area contributed by atoms with Crippen molar-refractivity contribution >= 4 is 11.8 Å². The van der Waals surface area contributed by atoms with Gasteiger partial charge in [-0.15, -0.1) is 0 Å². The third-order valence-corrected chi connectivity index (χ3v) is 2.04. The van der Waals surface area contributed by atoms with Crippen molar-refractivity contribution in [2.45, 2.75) is 32.9 Å². The molecule has 0 radical (unpaired) electrons. The van der Waals surface area contributed by atoms with Crippen LogP contribution in [-0.2, 0) is 9.59 Å². The lowest BCUT2D eigenvalue weighted by molar-refractivity contribution is -0.138. The van der Waals surface area contributed by atoms with Crippen LogP contribution in [0.1, 0.15) is 20.8 Å². The van der Waals surface area contributed by atoms with Crippen molar-refractivity contribution in [1.29, 1.82) is 0 Å². The number of nitrogens with two attached hydrogens (primary N) is 1. The standard InChI is InChI=1S/C9H19N3O2/c1-6(2)12(5-8(10)13)9(14)7(3)11-4/h6-7,11H,5H2,1-4H3,(H2,10,13). The number of amides is 2. The van der Waals surface area contributed by atoms with Gasteiger partial charge in [0.05, 0.1) is 12.6 Å². The Morgan fingerprint density at radius 3 is 2.14 bits per heavy atom. The van der Waals surface area contributed by atoms with E-state index in [-0.39, 0.29) is 24.5 Å². The van der Waals surface area contributed by atoms with Crippen molar-refractivity contribution in [3.8, 4) is 0 Å². The highest BCUT2D eigenvalue weighted by atomic mass is 16.2. The Balaban J connectivity index is 4.49. The molecular weight excluding hydrogens is 182 g/mol. The van der Waals surface area contributed by atoms with Gasteiger partial charge in [-0.05, 0) is 27.8 Å². The zero-order valence-electron chi connectivity index (χ0n) is 9.20. The van der Waals surface area contributed by atoms with Crippen molar-refractivity contribution < 1.29 is 9.59 Å². The lowest BCUT2D eigenvalue weighted by Crippen LogP contribution is -2.49. The summed E-state index contributed by atoms with van der Waals surface area (Å²) in [4.78, 5) is 23.9. The van der Waals surface area contributed by atoms with E-state index in [9.17, 15) is 9.59 Å². The smallest absolute Gasteiger partial charge is 0.240 e. The highest BCUT2D eigenvalue weighted by Crippen LogP contribution is 2.01. The number of primary amides is 1. The number of nitrogens with one attached hydrogen (secondary N) is 1. The number of rotatable bonds is 5. The van der Waals surface area contributed by atoms with E-state index in [2.05, 4.69) is 5.32 Å². The third kappa shape index (κ3) is 3.74. The Morgan fingerprint density at radius 2 is 1.86 bits per heavy atom. The number of hydrogen-bond acceptors (Lipinski definition) is 3. The number of likely N-dealkylation sites (N-methyl/N-ethyl adjacent to an activating group) is 1. The fourth-order valence-electron chi connectivity index (χ4n) is 1.06. The molecule has 0 aliphatic heterocycles. The summed E-state index contributed by atoms with van der Waals surface area (Å²) in [5.41, 5.74) is 5.06. The summed E-state index contributed by atoms with van der Waals surface area (Å²) in [6.45, 7) is 5.42. The minimum Gasteiger partial charge on any atom is -0.368 e. The molecule has 82 valence electrons. The van der Waals surface area contributed by atoms with Gasteiger partial charge in [0.2, 0.25) is 11.8 Å². The minimum atomic E-state index is -0.490. The van der Waals surface area contributed by atoms with E-state index < -0.39 is 5.91 Å². The zero-order chi connectivity index (χ0) is 11.3. The molecule has 0 fully saturated rings. The molecule has 0 saturated heterocycles. The minimum absolute atomic E-state index is 0.0224. The maximum Gasteiger partial charge on any atom is 0.240 e. The molecule has 5 heteroatoms. The molecule has 2 amide bonds. The second-order valence-corrected chi connectivity index (χ2v) is 3.54. The van der Waals surface area contributed by atoms with Gasteiger partial charge in [-0.3, -0.25) is 9.59 Å². The molecule has 0 heterocycles. The van der Waals surface area contributed by atoms with Gasteiger partial charge in [-0.25, -0.2) is 0 Å². The van der Waals surface area contributed by atoms with Crippen molar-refractivity contribution in [2.75, 3.05) is 13.6 Å². The summed E-state index contributed by atoms with van der Waals surface area (Å²) in [6.07, 6.45) is 0. The van der Waals surface area contributed by atoms with Gasteiger partial charge in [0.15, 0.2) is 0 Å². The molecule has 0 aliphatic rings. The molecule has 0 rings (SSSR count). The number of hydrogen-bond donors (Lipinski definition) is 2. The lowest BCUT2D eigenvalue weighted by Gasteiger charge is -2.27. The van der Waals surface area contributed by atoms with Gasteiger partial charge in [-0.1, -0.05) is 0 Å². The van der Waals surface area contributed by atoms with Crippen LogP contribution in [-0.4, -0.2) is 42.4 Å². The quantitative estimate of drug-likeness (QED) is 0.618. The van der Waals surface area contributed by atoms with E-state index in [0.717, 1.165) is 0 Å². The van der Waals surface area contributed by atoms with Crippen LogP contribution in [0.15, 0.2) is 0 Å². The van der Waals surface area contributed by atoms with E-state index in [1.807, 2.05) is 13.8 Å². The molecule has 0 bridgehead atoms. The molecule has 0 aliphatic carbocycles. The average Bonchev–Trinajstić information content (AvgIpc) is 2.11. The van der Waals surface area contributed by atoms with Crippen LogP contribution in [0.25, 0.3) is 0 Å². The maximum atomic E-state index is 11.7. The maximum absolute atomic E-state index is 11.7. The molecule has 0 saturated carbocycles. The fourth-order valence-corrected chi connectivity index (χ4v) is 1.06. The lowest BCUT2D eigenvalue weighted by atomic mass is 10.2. The Labute approximate surface area is 84.6 Å². The van der Waals surface area contributed by atoms with Crippen LogP contribution >= 0.6 is 0 Å². The summed E-state index contributed by atoms with van der Waals surface area (Å²) in [7, 11) is 1.70. The molecular formula is C9H19N3O2. The highest BCUT2D eigenvalue weighted by Gasteiger charge is 2.22. The molecule has 0 aromatic heterocycles. The van der Waals surface area contributed by atoms with E-state index >= 15 is 0 Å². The van der Waals surface area contributed by atoms with Gasteiger partial charge in [0.1, 0.15) is 0 Å². The van der Waals surface area contributed by atoms with Gasteiger partial charge in [0.25, 0.3) is 0 Å². The van der Waals surface area contributed by atoms with Gasteiger partial charge in [-0.2, -0.15) is 0 Å². The molecule has 5 nitrogen and oxygen atoms in total. The molecule has 0 spiro atoms. The summed E-state index contributed by atoms with van der Waals surface area (Å²) < 4.78 is 0. The van der Waals surface area contributed by atoms with Crippen LogP contribution in [0, 0.1) is 0 Å². The first kappa shape index (κ1) is 12.9. The molecule has 3 N–H and O–H groups in total. The topological polar surface area (TPSA) is 75.4 Å². The average molecular weight is 201 g/mol. The fraction of sp³-hybridized carbons (Fsp3) is 0.778. The van der Waals surface area contributed by atoms with E-state index in [1.54, 1.807) is 14.0 Å². The Bertz CT molecular complexity index is 216. The van der Waals surface area contributed by atoms with Gasteiger partial charge >= 0.3 is 0 Å². The predicted octanol–water partition coefficient (Wildman–Crippen LogP) is -0.683. The largest absolute Gasteiger partial charge is 0.368 e. The number of nitrogens with zero attached hydrogens (tertiary/aromatic N) is 1. The van der Waals surface area contributed by atoms with Crippen molar-refractivity contribution in [1.82, 2.24) is 10.2 Å². The van der Waals surface area contributed by atoms with Gasteiger partial charge in [0, 0.05) is 6.04 Å². The van der Waals surface area contributed by atoms with Crippen LogP contribution in [0.2, 0.25) is 0 Å². The second-order valence-electron chi connectivity index (χ2n) is 3.54. The van der Waals surface area contributed by atoms with Crippen molar-refractivity contribution in [3.05, 3.63) is 0 Å². The van der Waals surface area contributed by atoms with Crippen LogP contribution in [0.3, 0.4) is 0 Å². The Hall–Kier alpha value is -1.10. The Kier molecular flexibility index (Phi) is 5.15. The summed E-state index contributed by atoms with van der Waals surface area (Å²) >= 11 is 0. The Morgan fingerprint density at radius 1 is 1.36 bits per heavy atom. The van der Waals surface area contributed by atoms with Crippen LogP contribution in [0.4, 0.5) is 0 Å². The van der Waals surface area contributed by atoms with E-state index in [1.165, 1.54) is 4.90 Å². The highest BCUT2D eigenvalue weighted by molar-refractivity contribution is 5.86. The predicted molar refractivity (Wildman–Crippen MR) is 54.6 cm³/mol. The monoisotopic (exact) mass is 201 g/mol. The number of carbonyl (C=O) groups excluding carboxylic acids is 2. The molecule has 1 atom stereocenters. The summed E-state index contributed by atoms with van der Waals surface area (Å²) in [6, 6.07) is -0.317. The molecule has 0 aromatic rings. The van der Waals surface area contributed by atoms with Crippen LogP contribution < -0.4 is 11.1 Å². The summed E-state index contributed by atoms with van der Waals surface area (Å²) in [5.74, 6) is -0.600.